The van der Waals surface area contributed by atoms with Crippen molar-refractivity contribution >= 4 is 23.0 Å². The summed E-state index contributed by atoms with van der Waals surface area (Å²) < 4.78 is 39.2. The van der Waals surface area contributed by atoms with Gasteiger partial charge in [0.15, 0.2) is 0 Å². The van der Waals surface area contributed by atoms with Crippen LogP contribution in [-0.4, -0.2) is 64.5 Å². The van der Waals surface area contributed by atoms with E-state index in [1.54, 1.807) is 17.3 Å². The molecule has 13 heteroatoms. The minimum Gasteiger partial charge on any atom is -0.368 e. The van der Waals surface area contributed by atoms with Crippen LogP contribution in [0.3, 0.4) is 0 Å². The summed E-state index contributed by atoms with van der Waals surface area (Å²) in [5, 5.41) is 13.1. The second-order valence-electron chi connectivity index (χ2n) is 10.5. The van der Waals surface area contributed by atoms with Gasteiger partial charge in [0.05, 0.1) is 47.3 Å². The Balaban J connectivity index is 1.24. The Bertz CT molecular complexity index is 1440. The highest BCUT2D eigenvalue weighted by Gasteiger charge is 2.31. The van der Waals surface area contributed by atoms with Crippen molar-refractivity contribution in [1.82, 2.24) is 19.9 Å². The second-order valence-corrected chi connectivity index (χ2v) is 10.5. The number of aromatic nitrogens is 3. The first-order valence-corrected chi connectivity index (χ1v) is 14.1. The van der Waals surface area contributed by atoms with E-state index >= 15 is 0 Å². The quantitative estimate of drug-likeness (QED) is 0.365. The van der Waals surface area contributed by atoms with Gasteiger partial charge >= 0.3 is 6.18 Å². The Morgan fingerprint density at radius 1 is 1.05 bits per heavy atom. The first kappa shape index (κ1) is 29.4. The van der Waals surface area contributed by atoms with E-state index in [2.05, 4.69) is 60.3 Å². The van der Waals surface area contributed by atoms with Crippen LogP contribution >= 0.6 is 0 Å². The molecule has 5 heterocycles. The van der Waals surface area contributed by atoms with Gasteiger partial charge in [-0.25, -0.2) is 5.01 Å². The fourth-order valence-corrected chi connectivity index (χ4v) is 5.41. The fraction of sp³-hybridized carbons (Fsp3) is 0.448. The van der Waals surface area contributed by atoms with Gasteiger partial charge < -0.3 is 10.2 Å². The van der Waals surface area contributed by atoms with Crippen molar-refractivity contribution in [3.63, 3.8) is 0 Å². The molecule has 0 saturated carbocycles. The van der Waals surface area contributed by atoms with Crippen molar-refractivity contribution in [1.29, 1.82) is 0 Å². The number of halogens is 3. The molecule has 3 aromatic heterocycles. The first-order chi connectivity index (χ1) is 20.2. The van der Waals surface area contributed by atoms with E-state index in [0.717, 1.165) is 62.5 Å². The normalized spacial score (nSPS) is 17.7. The van der Waals surface area contributed by atoms with Crippen LogP contribution in [0.1, 0.15) is 60.0 Å². The van der Waals surface area contributed by atoms with Gasteiger partial charge in [-0.3, -0.25) is 24.6 Å². The van der Waals surface area contributed by atoms with Crippen LogP contribution in [0.5, 0.6) is 0 Å². The van der Waals surface area contributed by atoms with Crippen molar-refractivity contribution < 1.29 is 18.0 Å². The molecule has 3 aromatic rings. The van der Waals surface area contributed by atoms with E-state index in [1.807, 2.05) is 13.1 Å². The van der Waals surface area contributed by atoms with Crippen LogP contribution in [0.4, 0.5) is 30.2 Å². The smallest absolute Gasteiger partial charge is 0.368 e. The minimum atomic E-state index is -4.58. The van der Waals surface area contributed by atoms with Gasteiger partial charge in [-0.05, 0) is 44.0 Å². The number of nitrogens with one attached hydrogen (secondary N) is 1. The van der Waals surface area contributed by atoms with E-state index in [9.17, 15) is 18.0 Å². The lowest BCUT2D eigenvalue weighted by Crippen LogP contribution is -2.50. The summed E-state index contributed by atoms with van der Waals surface area (Å²) in [7, 11) is 0. The number of nitrogens with zero attached hydrogens (tertiary/aromatic N) is 8. The third-order valence-corrected chi connectivity index (χ3v) is 7.83. The zero-order chi connectivity index (χ0) is 29.9. The molecule has 0 bridgehead atoms. The summed E-state index contributed by atoms with van der Waals surface area (Å²) in [4.78, 5) is 30.2. The lowest BCUT2D eigenvalue weighted by molar-refractivity contribution is -0.137. The number of rotatable bonds is 8. The molecule has 2 aliphatic heterocycles. The molecule has 1 N–H and O–H groups in total. The third-order valence-electron chi connectivity index (χ3n) is 7.83. The Morgan fingerprint density at radius 2 is 1.81 bits per heavy atom. The summed E-state index contributed by atoms with van der Waals surface area (Å²) in [6, 6.07) is 5.71. The Kier molecular flexibility index (Phi) is 8.66. The number of hydrogen-bond acceptors (Lipinski definition) is 9. The molecule has 2 aliphatic rings. The summed E-state index contributed by atoms with van der Waals surface area (Å²) >= 11 is 0. The van der Waals surface area contributed by atoms with E-state index < -0.39 is 17.6 Å². The number of aryl methyl sites for hydroxylation is 1. The van der Waals surface area contributed by atoms with Crippen LogP contribution in [0.15, 0.2) is 59.4 Å². The highest BCUT2D eigenvalue weighted by atomic mass is 19.4. The van der Waals surface area contributed by atoms with Gasteiger partial charge in [0.1, 0.15) is 11.7 Å². The number of pyridine rings is 3. The molecule has 0 aromatic carbocycles. The molecule has 1 fully saturated rings. The molecule has 1 amide bonds. The van der Waals surface area contributed by atoms with Gasteiger partial charge in [0, 0.05) is 50.2 Å². The van der Waals surface area contributed by atoms with E-state index in [-0.39, 0.29) is 11.7 Å². The minimum absolute atomic E-state index is 0.241. The van der Waals surface area contributed by atoms with E-state index in [0.29, 0.717) is 35.7 Å². The van der Waals surface area contributed by atoms with Gasteiger partial charge in [0.25, 0.3) is 5.91 Å². The largest absolute Gasteiger partial charge is 0.416 e. The van der Waals surface area contributed by atoms with Crippen molar-refractivity contribution in [3.8, 4) is 0 Å². The molecule has 1 atom stereocenters. The number of carbonyl (C=O) groups is 1. The van der Waals surface area contributed by atoms with Crippen LogP contribution in [-0.2, 0) is 6.18 Å². The number of anilines is 3. The van der Waals surface area contributed by atoms with E-state index in [4.69, 9.17) is 0 Å². The van der Waals surface area contributed by atoms with Crippen LogP contribution < -0.4 is 15.2 Å². The zero-order valence-corrected chi connectivity index (χ0v) is 23.8. The molecule has 0 radical (unpaired) electrons. The summed E-state index contributed by atoms with van der Waals surface area (Å²) in [5.74, 6) is -0.776. The number of alkyl halides is 3. The average molecular weight is 582 g/mol. The maximum atomic E-state index is 13.1. The van der Waals surface area contributed by atoms with Crippen molar-refractivity contribution in [2.24, 2.45) is 10.3 Å². The molecule has 0 spiro atoms. The third kappa shape index (κ3) is 6.51. The first-order valence-electron chi connectivity index (χ1n) is 14.1. The SMILES string of the molecule is CCC(CC)N1CCN(c2cncc(C3CN(c4cc(NC(=O)c5cc(C(F)(F)F)ccn5)cnc4C)N=N3)c2)CC1. The average Bonchev–Trinajstić information content (AvgIpc) is 3.49. The van der Waals surface area contributed by atoms with Crippen LogP contribution in [0.25, 0.3) is 0 Å². The lowest BCUT2D eigenvalue weighted by atomic mass is 10.1. The Hall–Kier alpha value is -4.13. The van der Waals surface area contributed by atoms with Crippen LogP contribution in [0, 0.1) is 6.92 Å². The van der Waals surface area contributed by atoms with E-state index in [1.165, 1.54) is 6.20 Å². The molecule has 1 saturated heterocycles. The molecule has 1 unspecified atom stereocenters. The maximum Gasteiger partial charge on any atom is 0.416 e. The summed E-state index contributed by atoms with van der Waals surface area (Å²) in [6.07, 6.45) is 3.83. The molecular weight excluding hydrogens is 547 g/mol. The number of amides is 1. The standard InChI is InChI=1S/C29H34F3N9O/c1-4-23(5-2)39-8-10-40(11-9-39)24-12-20(15-33-17-24)26-18-41(38-37-26)27-14-22(16-35-19(27)3)36-28(42)25-13-21(6-7-34-25)29(30,31)32/h6-7,12-17,23,26H,4-5,8-11,18H2,1-3H3,(H,36,42). The Labute approximate surface area is 242 Å². The zero-order valence-electron chi connectivity index (χ0n) is 23.8. The second kappa shape index (κ2) is 12.4. The van der Waals surface area contributed by atoms with Gasteiger partial charge in [-0.2, -0.15) is 18.3 Å². The Morgan fingerprint density at radius 3 is 2.52 bits per heavy atom. The molecule has 10 nitrogen and oxygen atoms in total. The van der Waals surface area contributed by atoms with Gasteiger partial charge in [0.2, 0.25) is 0 Å². The molecule has 0 aliphatic carbocycles. The maximum absolute atomic E-state index is 13.1. The fourth-order valence-electron chi connectivity index (χ4n) is 5.41. The predicted molar refractivity (Wildman–Crippen MR) is 154 cm³/mol. The van der Waals surface area contributed by atoms with Crippen molar-refractivity contribution in [2.45, 2.75) is 51.9 Å². The highest BCUT2D eigenvalue weighted by molar-refractivity contribution is 6.03. The predicted octanol–water partition coefficient (Wildman–Crippen LogP) is 5.69. The number of carbonyl (C=O) groups excluding carboxylic acids is 1. The van der Waals surface area contributed by atoms with Crippen molar-refractivity contribution in [2.75, 3.05) is 47.9 Å². The lowest BCUT2D eigenvalue weighted by Gasteiger charge is -2.39. The molecule has 42 heavy (non-hydrogen) atoms. The van der Waals surface area contributed by atoms with Crippen molar-refractivity contribution in [3.05, 3.63) is 71.6 Å². The molecular formula is C29H34F3N9O. The van der Waals surface area contributed by atoms with Crippen LogP contribution in [0.2, 0.25) is 0 Å². The summed E-state index contributed by atoms with van der Waals surface area (Å²) in [6.45, 7) is 10.7. The van der Waals surface area contributed by atoms with Gasteiger partial charge in [-0.1, -0.05) is 19.1 Å². The number of piperazine rings is 1. The topological polar surface area (TPSA) is 102 Å². The molecule has 5 rings (SSSR count). The highest BCUT2D eigenvalue weighted by Crippen LogP contribution is 2.33. The monoisotopic (exact) mass is 581 g/mol. The number of hydrogen-bond donors (Lipinski definition) is 1. The van der Waals surface area contributed by atoms with Gasteiger partial charge in [-0.15, -0.1) is 0 Å². The summed E-state index contributed by atoms with van der Waals surface area (Å²) in [5.41, 5.74) is 2.30. The molecule has 222 valence electrons.